The maximum Gasteiger partial charge on any atom is 0.136 e. The van der Waals surface area contributed by atoms with Crippen LogP contribution in [0.2, 0.25) is 0 Å². The molecule has 356 valence electrons. The Morgan fingerprint density at radius 3 is 1.29 bits per heavy atom. The lowest BCUT2D eigenvalue weighted by Crippen LogP contribution is -2.09. The van der Waals surface area contributed by atoms with Crippen LogP contribution in [0.25, 0.3) is 104 Å². The molecule has 0 aliphatic heterocycles. The number of para-hydroxylation sites is 4. The minimum absolute atomic E-state index is 0.897. The number of anilines is 6. The maximum absolute atomic E-state index is 6.26. The molecule has 0 bridgehead atoms. The van der Waals surface area contributed by atoms with E-state index < -0.39 is 0 Å². The molecule has 0 unspecified atom stereocenters. The van der Waals surface area contributed by atoms with Crippen LogP contribution in [0, 0.1) is 0 Å². The summed E-state index contributed by atoms with van der Waals surface area (Å²) in [7, 11) is 0. The third-order valence-electron chi connectivity index (χ3n) is 15.3. The molecule has 0 radical (unpaired) electrons. The molecule has 0 N–H and O–H groups in total. The van der Waals surface area contributed by atoms with E-state index in [4.69, 9.17) is 4.42 Å². The summed E-state index contributed by atoms with van der Waals surface area (Å²) in [4.78, 5) is 4.69. The fourth-order valence-electron chi connectivity index (χ4n) is 11.9. The monoisotopic (exact) mass is 969 g/mol. The van der Waals surface area contributed by atoms with Gasteiger partial charge in [-0.25, -0.2) is 0 Å². The molecule has 76 heavy (non-hydrogen) atoms. The minimum atomic E-state index is 0.897. The zero-order chi connectivity index (χ0) is 50.1. The van der Waals surface area contributed by atoms with E-state index in [1.165, 1.54) is 43.1 Å². The first-order valence-electron chi connectivity index (χ1n) is 26.0. The van der Waals surface area contributed by atoms with Gasteiger partial charge in [-0.15, -0.1) is 0 Å². The van der Waals surface area contributed by atoms with Crippen molar-refractivity contribution in [1.29, 1.82) is 0 Å². The Hall–Kier alpha value is -10.2. The fraction of sp³-hybridized carbons (Fsp3) is 0. The zero-order valence-corrected chi connectivity index (χ0v) is 41.4. The SMILES string of the molecule is c1ccc(N(c2ccc(-c3ccc4c(c3)c3cc(N(c5ccccc5)c5ccccc5)ccc3n4-c3ccc4c5ccccc5c5ccccc5c4c3)cc2)c2ccc(-c3cccc4oc5ccccc5c34)cc2)cc1. The predicted octanol–water partition coefficient (Wildman–Crippen LogP) is 20.4. The molecule has 0 aliphatic carbocycles. The highest BCUT2D eigenvalue weighted by Gasteiger charge is 2.21. The third kappa shape index (κ3) is 7.14. The van der Waals surface area contributed by atoms with Crippen LogP contribution in [0.15, 0.2) is 290 Å². The van der Waals surface area contributed by atoms with Gasteiger partial charge >= 0.3 is 0 Å². The number of benzene rings is 13. The Morgan fingerprint density at radius 1 is 0.250 bits per heavy atom. The standard InChI is InChI=1S/C72H47N3O/c1-4-17-51(18-5-1)73(55-38-33-49(34-39-55)58-28-16-30-71-72(58)64-27-14-15-29-70(64)76-71)54-36-31-48(32-37-54)50-35-43-68-66(45-50)67-47-56(74(52-19-6-2-7-20-52)53-21-8-3-9-22-53)41-44-69(67)75(68)57-40-42-63-61-25-11-10-23-59(61)60-24-12-13-26-62(60)65(63)46-57/h1-47H. The van der Waals surface area contributed by atoms with E-state index in [1.54, 1.807) is 0 Å². The van der Waals surface area contributed by atoms with Gasteiger partial charge in [0.25, 0.3) is 0 Å². The normalized spacial score (nSPS) is 11.7. The highest BCUT2D eigenvalue weighted by molar-refractivity contribution is 6.26. The maximum atomic E-state index is 6.26. The van der Waals surface area contributed by atoms with E-state index in [9.17, 15) is 0 Å². The van der Waals surface area contributed by atoms with Crippen LogP contribution < -0.4 is 9.80 Å². The van der Waals surface area contributed by atoms with Gasteiger partial charge in [0.05, 0.1) is 11.0 Å². The molecular formula is C72H47N3O. The molecule has 0 atom stereocenters. The van der Waals surface area contributed by atoms with E-state index in [0.29, 0.717) is 0 Å². The van der Waals surface area contributed by atoms with Crippen LogP contribution in [0.1, 0.15) is 0 Å². The lowest BCUT2D eigenvalue weighted by molar-refractivity contribution is 0.669. The third-order valence-corrected chi connectivity index (χ3v) is 15.3. The number of hydrogen-bond donors (Lipinski definition) is 0. The van der Waals surface area contributed by atoms with E-state index >= 15 is 0 Å². The molecule has 0 aliphatic rings. The number of nitrogens with zero attached hydrogens (tertiary/aromatic N) is 3. The van der Waals surface area contributed by atoms with E-state index in [0.717, 1.165) is 95.0 Å². The summed E-state index contributed by atoms with van der Waals surface area (Å²) in [5.41, 5.74) is 16.4. The van der Waals surface area contributed by atoms with Crippen molar-refractivity contribution >= 4 is 110 Å². The summed E-state index contributed by atoms with van der Waals surface area (Å²) in [6.07, 6.45) is 0. The molecule has 0 amide bonds. The summed E-state index contributed by atoms with van der Waals surface area (Å²) in [6, 6.07) is 103. The molecule has 13 aromatic carbocycles. The van der Waals surface area contributed by atoms with Gasteiger partial charge in [0.1, 0.15) is 11.2 Å². The molecule has 15 aromatic rings. The molecule has 15 rings (SSSR count). The lowest BCUT2D eigenvalue weighted by atomic mass is 9.94. The summed E-state index contributed by atoms with van der Waals surface area (Å²) in [5, 5.41) is 12.2. The second kappa shape index (κ2) is 17.8. The Balaban J connectivity index is 0.863. The summed E-state index contributed by atoms with van der Waals surface area (Å²) < 4.78 is 8.72. The second-order valence-electron chi connectivity index (χ2n) is 19.6. The lowest BCUT2D eigenvalue weighted by Gasteiger charge is -2.26. The Kier molecular flexibility index (Phi) is 10.2. The van der Waals surface area contributed by atoms with Crippen LogP contribution in [0.5, 0.6) is 0 Å². The van der Waals surface area contributed by atoms with Crippen molar-refractivity contribution in [2.24, 2.45) is 0 Å². The Labute approximate surface area is 439 Å². The first-order valence-corrected chi connectivity index (χ1v) is 26.0. The molecule has 0 spiro atoms. The Bertz CT molecular complexity index is 4600. The summed E-state index contributed by atoms with van der Waals surface area (Å²) in [5.74, 6) is 0. The molecule has 4 nitrogen and oxygen atoms in total. The van der Waals surface area contributed by atoms with Crippen LogP contribution in [-0.2, 0) is 0 Å². The number of fused-ring (bicyclic) bond motifs is 12. The van der Waals surface area contributed by atoms with Gasteiger partial charge in [0.15, 0.2) is 0 Å². The van der Waals surface area contributed by atoms with Crippen LogP contribution in [-0.4, -0.2) is 4.57 Å². The first kappa shape index (κ1) is 43.4. The quantitative estimate of drug-likeness (QED) is 0.135. The van der Waals surface area contributed by atoms with Crippen LogP contribution >= 0.6 is 0 Å². The number of aromatic nitrogens is 1. The number of hydrogen-bond acceptors (Lipinski definition) is 3. The highest BCUT2D eigenvalue weighted by atomic mass is 16.3. The molecule has 2 aromatic heterocycles. The van der Waals surface area contributed by atoms with Gasteiger partial charge < -0.3 is 18.8 Å². The van der Waals surface area contributed by atoms with E-state index in [1.807, 2.05) is 12.1 Å². The second-order valence-corrected chi connectivity index (χ2v) is 19.6. The smallest absolute Gasteiger partial charge is 0.136 e. The zero-order valence-electron chi connectivity index (χ0n) is 41.4. The Morgan fingerprint density at radius 2 is 0.684 bits per heavy atom. The van der Waals surface area contributed by atoms with Gasteiger partial charge in [-0.2, -0.15) is 0 Å². The van der Waals surface area contributed by atoms with Crippen molar-refractivity contribution in [2.75, 3.05) is 9.80 Å². The van der Waals surface area contributed by atoms with Crippen LogP contribution in [0.4, 0.5) is 34.1 Å². The summed E-state index contributed by atoms with van der Waals surface area (Å²) >= 11 is 0. The summed E-state index contributed by atoms with van der Waals surface area (Å²) in [6.45, 7) is 0. The largest absolute Gasteiger partial charge is 0.456 e. The molecular weight excluding hydrogens is 923 g/mol. The predicted molar refractivity (Wildman–Crippen MR) is 321 cm³/mol. The van der Waals surface area contributed by atoms with Gasteiger partial charge in [-0.3, -0.25) is 0 Å². The average Bonchev–Trinajstić information content (AvgIpc) is 4.12. The molecule has 0 fully saturated rings. The molecule has 4 heteroatoms. The first-order chi connectivity index (χ1) is 37.7. The van der Waals surface area contributed by atoms with Crippen molar-refractivity contribution in [3.05, 3.63) is 285 Å². The van der Waals surface area contributed by atoms with Crippen molar-refractivity contribution in [1.82, 2.24) is 4.57 Å². The van der Waals surface area contributed by atoms with Crippen molar-refractivity contribution in [3.63, 3.8) is 0 Å². The van der Waals surface area contributed by atoms with Crippen LogP contribution in [0.3, 0.4) is 0 Å². The van der Waals surface area contributed by atoms with Gasteiger partial charge in [-0.1, -0.05) is 170 Å². The van der Waals surface area contributed by atoms with Crippen molar-refractivity contribution in [3.8, 4) is 27.9 Å². The van der Waals surface area contributed by atoms with E-state index in [2.05, 4.69) is 287 Å². The number of rotatable bonds is 9. The number of furan rings is 1. The minimum Gasteiger partial charge on any atom is -0.456 e. The van der Waals surface area contributed by atoms with Crippen molar-refractivity contribution in [2.45, 2.75) is 0 Å². The molecule has 0 saturated heterocycles. The highest BCUT2D eigenvalue weighted by Crippen LogP contribution is 2.44. The topological polar surface area (TPSA) is 24.6 Å². The van der Waals surface area contributed by atoms with Gasteiger partial charge in [0.2, 0.25) is 0 Å². The molecule has 2 heterocycles. The van der Waals surface area contributed by atoms with Gasteiger partial charge in [0, 0.05) is 61.4 Å². The van der Waals surface area contributed by atoms with Gasteiger partial charge in [-0.05, 0) is 170 Å². The average molecular weight is 970 g/mol. The van der Waals surface area contributed by atoms with Crippen molar-refractivity contribution < 1.29 is 4.42 Å². The fourth-order valence-corrected chi connectivity index (χ4v) is 11.9. The molecule has 0 saturated carbocycles. The van der Waals surface area contributed by atoms with E-state index in [-0.39, 0.29) is 0 Å².